The third-order valence-corrected chi connectivity index (χ3v) is 3.95. The molecule has 0 unspecified atom stereocenters. The van der Waals surface area contributed by atoms with Crippen LogP contribution in [0, 0.1) is 0 Å². The summed E-state index contributed by atoms with van der Waals surface area (Å²) < 4.78 is 2.05. The molecule has 4 nitrogen and oxygen atoms in total. The minimum Gasteiger partial charge on any atom is -0.322 e. The van der Waals surface area contributed by atoms with Gasteiger partial charge in [-0.1, -0.05) is 25.4 Å². The van der Waals surface area contributed by atoms with Crippen LogP contribution >= 0.6 is 11.6 Å². The maximum absolute atomic E-state index is 12.2. The molecule has 1 amide bonds. The van der Waals surface area contributed by atoms with E-state index in [1.54, 1.807) is 30.5 Å². The van der Waals surface area contributed by atoms with E-state index in [4.69, 9.17) is 11.6 Å². The molecular weight excluding hydrogens is 322 g/mol. The van der Waals surface area contributed by atoms with Crippen molar-refractivity contribution < 1.29 is 4.79 Å². The van der Waals surface area contributed by atoms with Crippen molar-refractivity contribution >= 4 is 23.2 Å². The minimum atomic E-state index is -0.162. The Bertz CT molecular complexity index is 836. The Hall–Kier alpha value is -2.59. The third kappa shape index (κ3) is 3.49. The van der Waals surface area contributed by atoms with Crippen molar-refractivity contribution in [3.05, 3.63) is 77.3 Å². The summed E-state index contributed by atoms with van der Waals surface area (Å²) in [6.07, 6.45) is 3.74. The van der Waals surface area contributed by atoms with Gasteiger partial charge in [-0.25, -0.2) is 4.98 Å². The van der Waals surface area contributed by atoms with Gasteiger partial charge in [0.1, 0.15) is 5.82 Å². The Morgan fingerprint density at radius 3 is 2.38 bits per heavy atom. The largest absolute Gasteiger partial charge is 0.322 e. The predicted octanol–water partition coefficient (Wildman–Crippen LogP) is 4.90. The lowest BCUT2D eigenvalue weighted by atomic mass is 10.2. The van der Waals surface area contributed by atoms with E-state index in [0.717, 1.165) is 17.2 Å². The Kier molecular flexibility index (Phi) is 4.67. The second kappa shape index (κ2) is 6.89. The van der Waals surface area contributed by atoms with E-state index in [1.807, 2.05) is 30.5 Å². The molecule has 1 aromatic heterocycles. The minimum absolute atomic E-state index is 0.162. The van der Waals surface area contributed by atoms with Crippen LogP contribution in [-0.4, -0.2) is 15.5 Å². The first-order valence-corrected chi connectivity index (χ1v) is 8.13. The van der Waals surface area contributed by atoms with Crippen LogP contribution in [0.3, 0.4) is 0 Å². The van der Waals surface area contributed by atoms with Gasteiger partial charge in [0.15, 0.2) is 0 Å². The molecule has 5 heteroatoms. The maximum Gasteiger partial charge on any atom is 0.255 e. The van der Waals surface area contributed by atoms with E-state index in [2.05, 4.69) is 28.7 Å². The van der Waals surface area contributed by atoms with Crippen molar-refractivity contribution in [2.45, 2.75) is 19.8 Å². The lowest BCUT2D eigenvalue weighted by molar-refractivity contribution is 0.102. The number of rotatable bonds is 4. The van der Waals surface area contributed by atoms with Gasteiger partial charge in [0, 0.05) is 40.3 Å². The second-order valence-corrected chi connectivity index (χ2v) is 6.25. The lowest BCUT2D eigenvalue weighted by Crippen LogP contribution is -2.11. The van der Waals surface area contributed by atoms with Crippen molar-refractivity contribution in [1.82, 2.24) is 9.55 Å². The Balaban J connectivity index is 1.76. The zero-order valence-corrected chi connectivity index (χ0v) is 14.3. The van der Waals surface area contributed by atoms with Crippen LogP contribution in [0.4, 0.5) is 5.69 Å². The Morgan fingerprint density at radius 2 is 1.75 bits per heavy atom. The molecule has 122 valence electrons. The quantitative estimate of drug-likeness (QED) is 0.734. The van der Waals surface area contributed by atoms with E-state index >= 15 is 0 Å². The lowest BCUT2D eigenvalue weighted by Gasteiger charge is -2.11. The van der Waals surface area contributed by atoms with E-state index < -0.39 is 0 Å². The summed E-state index contributed by atoms with van der Waals surface area (Å²) in [6.45, 7) is 4.22. The van der Waals surface area contributed by atoms with Crippen LogP contribution in [0.1, 0.15) is 35.9 Å². The number of aromatic nitrogens is 2. The number of halogens is 1. The molecule has 0 fully saturated rings. The van der Waals surface area contributed by atoms with Crippen molar-refractivity contribution in [3.8, 4) is 5.69 Å². The molecule has 2 aromatic carbocycles. The topological polar surface area (TPSA) is 46.9 Å². The summed E-state index contributed by atoms with van der Waals surface area (Å²) in [5.41, 5.74) is 2.32. The molecule has 0 aliphatic heterocycles. The highest BCUT2D eigenvalue weighted by Gasteiger charge is 2.09. The number of hydrogen-bond donors (Lipinski definition) is 1. The summed E-state index contributed by atoms with van der Waals surface area (Å²) in [5, 5.41) is 3.49. The fraction of sp³-hybridized carbons (Fsp3) is 0.158. The van der Waals surface area contributed by atoms with Crippen LogP contribution in [0.15, 0.2) is 60.9 Å². The van der Waals surface area contributed by atoms with Gasteiger partial charge in [0.25, 0.3) is 5.91 Å². The highest BCUT2D eigenvalue weighted by molar-refractivity contribution is 6.30. The van der Waals surface area contributed by atoms with Crippen molar-refractivity contribution in [2.75, 3.05) is 5.32 Å². The summed E-state index contributed by atoms with van der Waals surface area (Å²) in [6, 6.07) is 14.5. The molecule has 0 aliphatic carbocycles. The number of nitrogens with zero attached hydrogens (tertiary/aromatic N) is 2. The average Bonchev–Trinajstić information content (AvgIpc) is 3.06. The van der Waals surface area contributed by atoms with Crippen LogP contribution in [-0.2, 0) is 0 Å². The number of benzene rings is 2. The van der Waals surface area contributed by atoms with E-state index in [1.165, 1.54) is 0 Å². The molecule has 0 saturated heterocycles. The zero-order chi connectivity index (χ0) is 17.1. The summed E-state index contributed by atoms with van der Waals surface area (Å²) in [4.78, 5) is 16.6. The van der Waals surface area contributed by atoms with Gasteiger partial charge in [-0.2, -0.15) is 0 Å². The van der Waals surface area contributed by atoms with Crippen LogP contribution in [0.25, 0.3) is 5.69 Å². The molecule has 1 N–H and O–H groups in total. The Morgan fingerprint density at radius 1 is 1.08 bits per heavy atom. The van der Waals surface area contributed by atoms with Crippen molar-refractivity contribution in [2.24, 2.45) is 0 Å². The summed E-state index contributed by atoms with van der Waals surface area (Å²) >= 11 is 5.84. The third-order valence-electron chi connectivity index (χ3n) is 3.70. The molecule has 0 radical (unpaired) electrons. The van der Waals surface area contributed by atoms with Crippen LogP contribution in [0.5, 0.6) is 0 Å². The normalized spacial score (nSPS) is 10.8. The van der Waals surface area contributed by atoms with Crippen LogP contribution in [0.2, 0.25) is 5.02 Å². The number of carbonyl (C=O) groups excluding carboxylic acids is 1. The van der Waals surface area contributed by atoms with Gasteiger partial charge >= 0.3 is 0 Å². The second-order valence-electron chi connectivity index (χ2n) is 5.82. The monoisotopic (exact) mass is 339 g/mol. The number of imidazole rings is 1. The van der Waals surface area contributed by atoms with Crippen molar-refractivity contribution in [1.29, 1.82) is 0 Å². The summed E-state index contributed by atoms with van der Waals surface area (Å²) in [5.74, 6) is 1.18. The Labute approximate surface area is 146 Å². The summed E-state index contributed by atoms with van der Waals surface area (Å²) in [7, 11) is 0. The van der Waals surface area contributed by atoms with Gasteiger partial charge in [-0.05, 0) is 48.5 Å². The molecule has 0 aliphatic rings. The highest BCUT2D eigenvalue weighted by atomic mass is 35.5. The SMILES string of the molecule is CC(C)c1nccn1-c1ccc(NC(=O)c2ccc(Cl)cc2)cc1. The predicted molar refractivity (Wildman–Crippen MR) is 97.1 cm³/mol. The number of anilines is 1. The molecule has 0 bridgehead atoms. The molecule has 0 atom stereocenters. The molecule has 3 aromatic rings. The number of nitrogens with one attached hydrogen (secondary N) is 1. The van der Waals surface area contributed by atoms with E-state index in [0.29, 0.717) is 16.5 Å². The number of hydrogen-bond acceptors (Lipinski definition) is 2. The molecule has 3 rings (SSSR count). The van der Waals surface area contributed by atoms with Crippen molar-refractivity contribution in [3.63, 3.8) is 0 Å². The smallest absolute Gasteiger partial charge is 0.255 e. The first-order valence-electron chi connectivity index (χ1n) is 7.75. The highest BCUT2D eigenvalue weighted by Crippen LogP contribution is 2.20. The molecule has 24 heavy (non-hydrogen) atoms. The first kappa shape index (κ1) is 16.3. The standard InChI is InChI=1S/C19H18ClN3O/c1-13(2)18-21-11-12-23(18)17-9-7-16(8-10-17)22-19(24)14-3-5-15(20)6-4-14/h3-13H,1-2H3,(H,22,24). The number of amides is 1. The molecular formula is C19H18ClN3O. The molecule has 0 saturated carbocycles. The zero-order valence-electron chi connectivity index (χ0n) is 13.5. The molecule has 0 spiro atoms. The number of carbonyl (C=O) groups is 1. The fourth-order valence-electron chi connectivity index (χ4n) is 2.47. The van der Waals surface area contributed by atoms with E-state index in [9.17, 15) is 4.79 Å². The van der Waals surface area contributed by atoms with Gasteiger partial charge in [-0.3, -0.25) is 4.79 Å². The van der Waals surface area contributed by atoms with Gasteiger partial charge in [0.05, 0.1) is 0 Å². The van der Waals surface area contributed by atoms with E-state index in [-0.39, 0.29) is 5.91 Å². The first-order chi connectivity index (χ1) is 11.5. The average molecular weight is 340 g/mol. The fourth-order valence-corrected chi connectivity index (χ4v) is 2.60. The van der Waals surface area contributed by atoms with Gasteiger partial charge < -0.3 is 9.88 Å². The van der Waals surface area contributed by atoms with Crippen LogP contribution < -0.4 is 5.32 Å². The van der Waals surface area contributed by atoms with Gasteiger partial charge in [0.2, 0.25) is 0 Å². The maximum atomic E-state index is 12.2. The molecule has 1 heterocycles. The van der Waals surface area contributed by atoms with Gasteiger partial charge in [-0.15, -0.1) is 0 Å².